The molecule has 1 aliphatic rings. The standard InChI is InChI=1S/C32H36Cl3N3O4S/c1-4-29(32(40)36-25-7-5-6-8-25)37(19-23-12-16-27(34)28(35)17-23)31(39)20-38(30-18-24(33)13-11-22(30)3)43(41,42)26-14-9-21(2)10-15-26/h9-18,25,29H,4-8,19-20H2,1-3H3,(H,36,40)/t29-/m1/s1. The average Bonchev–Trinajstić information content (AvgIpc) is 3.48. The Morgan fingerprint density at radius 2 is 1.60 bits per heavy atom. The fraction of sp³-hybridized carbons (Fsp3) is 0.375. The van der Waals surface area contributed by atoms with Crippen LogP contribution in [0.15, 0.2) is 65.6 Å². The van der Waals surface area contributed by atoms with Gasteiger partial charge in [-0.05, 0) is 80.6 Å². The van der Waals surface area contributed by atoms with Crippen LogP contribution >= 0.6 is 34.8 Å². The summed E-state index contributed by atoms with van der Waals surface area (Å²) in [7, 11) is -4.21. The number of benzene rings is 3. The number of nitrogens with one attached hydrogen (secondary N) is 1. The number of anilines is 1. The van der Waals surface area contributed by atoms with Crippen molar-refractivity contribution in [1.29, 1.82) is 0 Å². The minimum absolute atomic E-state index is 0.0270. The lowest BCUT2D eigenvalue weighted by Crippen LogP contribution is -2.53. The smallest absolute Gasteiger partial charge is 0.264 e. The molecule has 0 spiro atoms. The lowest BCUT2D eigenvalue weighted by molar-refractivity contribution is -0.140. The fourth-order valence-corrected chi connectivity index (χ4v) is 7.28. The van der Waals surface area contributed by atoms with E-state index in [0.717, 1.165) is 35.6 Å². The third-order valence-electron chi connectivity index (χ3n) is 7.75. The van der Waals surface area contributed by atoms with Crippen molar-refractivity contribution in [2.45, 2.75) is 76.4 Å². The second-order valence-corrected chi connectivity index (χ2v) is 14.1. The van der Waals surface area contributed by atoms with Gasteiger partial charge in [0.25, 0.3) is 10.0 Å². The maximum atomic E-state index is 14.3. The molecule has 0 bridgehead atoms. The van der Waals surface area contributed by atoms with E-state index in [2.05, 4.69) is 5.32 Å². The molecule has 1 N–H and O–H groups in total. The molecule has 1 fully saturated rings. The maximum Gasteiger partial charge on any atom is 0.264 e. The molecule has 7 nitrogen and oxygen atoms in total. The molecular formula is C32H36Cl3N3O4S. The van der Waals surface area contributed by atoms with Gasteiger partial charge in [0.05, 0.1) is 20.6 Å². The lowest BCUT2D eigenvalue weighted by Gasteiger charge is -2.34. The molecule has 4 rings (SSSR count). The zero-order valence-corrected chi connectivity index (χ0v) is 27.5. The quantitative estimate of drug-likeness (QED) is 0.233. The van der Waals surface area contributed by atoms with Gasteiger partial charge in [-0.3, -0.25) is 13.9 Å². The number of sulfonamides is 1. The molecule has 43 heavy (non-hydrogen) atoms. The van der Waals surface area contributed by atoms with Crippen molar-refractivity contribution in [3.63, 3.8) is 0 Å². The van der Waals surface area contributed by atoms with Crippen LogP contribution in [0, 0.1) is 13.8 Å². The molecule has 0 radical (unpaired) electrons. The molecule has 1 aliphatic carbocycles. The van der Waals surface area contributed by atoms with Gasteiger partial charge in [0.15, 0.2) is 0 Å². The zero-order valence-electron chi connectivity index (χ0n) is 24.4. The van der Waals surface area contributed by atoms with Crippen LogP contribution in [0.1, 0.15) is 55.7 Å². The first-order chi connectivity index (χ1) is 20.4. The van der Waals surface area contributed by atoms with Crippen LogP contribution in [0.3, 0.4) is 0 Å². The first-order valence-electron chi connectivity index (χ1n) is 14.3. The molecule has 3 aromatic rings. The molecule has 0 aliphatic heterocycles. The Hall–Kier alpha value is -2.78. The predicted molar refractivity (Wildman–Crippen MR) is 173 cm³/mol. The van der Waals surface area contributed by atoms with Crippen LogP contribution in [-0.4, -0.2) is 43.8 Å². The van der Waals surface area contributed by atoms with E-state index in [1.807, 2.05) is 13.8 Å². The van der Waals surface area contributed by atoms with E-state index in [1.165, 1.54) is 23.1 Å². The second kappa shape index (κ2) is 14.3. The molecule has 11 heteroatoms. The van der Waals surface area contributed by atoms with E-state index in [1.54, 1.807) is 49.4 Å². The minimum atomic E-state index is -4.21. The molecule has 1 saturated carbocycles. The van der Waals surface area contributed by atoms with Gasteiger partial charge >= 0.3 is 0 Å². The average molecular weight is 665 g/mol. The molecule has 1 atom stereocenters. The molecule has 2 amide bonds. The van der Waals surface area contributed by atoms with Crippen LogP contribution in [0.25, 0.3) is 0 Å². The van der Waals surface area contributed by atoms with E-state index < -0.39 is 28.5 Å². The van der Waals surface area contributed by atoms with Crippen molar-refractivity contribution >= 4 is 62.3 Å². The number of amides is 2. The maximum absolute atomic E-state index is 14.3. The van der Waals surface area contributed by atoms with Crippen LogP contribution in [0.2, 0.25) is 15.1 Å². The molecule has 0 saturated heterocycles. The Morgan fingerprint density at radius 3 is 2.23 bits per heavy atom. The third kappa shape index (κ3) is 8.04. The predicted octanol–water partition coefficient (Wildman–Crippen LogP) is 7.33. The normalized spacial score (nSPS) is 14.4. The Bertz CT molecular complexity index is 1580. The monoisotopic (exact) mass is 663 g/mol. The van der Waals surface area contributed by atoms with Crippen molar-refractivity contribution in [2.75, 3.05) is 10.8 Å². The van der Waals surface area contributed by atoms with Gasteiger partial charge in [-0.15, -0.1) is 0 Å². The van der Waals surface area contributed by atoms with Crippen molar-refractivity contribution in [2.24, 2.45) is 0 Å². The highest BCUT2D eigenvalue weighted by Gasteiger charge is 2.35. The summed E-state index contributed by atoms with van der Waals surface area (Å²) < 4.78 is 29.3. The summed E-state index contributed by atoms with van der Waals surface area (Å²) in [5.41, 5.74) is 2.45. The number of carbonyl (C=O) groups is 2. The first kappa shape index (κ1) is 33.1. The number of carbonyl (C=O) groups excluding carboxylic acids is 2. The van der Waals surface area contributed by atoms with E-state index in [0.29, 0.717) is 32.6 Å². The molecule has 0 aromatic heterocycles. The summed E-state index contributed by atoms with van der Waals surface area (Å²) in [5, 5.41) is 4.11. The van der Waals surface area contributed by atoms with Gasteiger partial charge in [-0.2, -0.15) is 0 Å². The summed E-state index contributed by atoms with van der Waals surface area (Å²) in [6.45, 7) is 4.92. The Morgan fingerprint density at radius 1 is 0.930 bits per heavy atom. The van der Waals surface area contributed by atoms with Gasteiger partial charge in [-0.1, -0.05) is 84.4 Å². The summed E-state index contributed by atoms with van der Waals surface area (Å²) in [5.74, 6) is -0.816. The third-order valence-corrected chi connectivity index (χ3v) is 10.5. The number of hydrogen-bond donors (Lipinski definition) is 1. The minimum Gasteiger partial charge on any atom is -0.352 e. The van der Waals surface area contributed by atoms with Gasteiger partial charge in [0.2, 0.25) is 11.8 Å². The Kier molecular flexibility index (Phi) is 11.0. The highest BCUT2D eigenvalue weighted by Crippen LogP contribution is 2.31. The Labute approximate surface area is 269 Å². The van der Waals surface area contributed by atoms with Crippen molar-refractivity contribution in [1.82, 2.24) is 10.2 Å². The van der Waals surface area contributed by atoms with E-state index in [4.69, 9.17) is 34.8 Å². The van der Waals surface area contributed by atoms with Crippen LogP contribution < -0.4 is 9.62 Å². The fourth-order valence-electron chi connectivity index (χ4n) is 5.32. The van der Waals surface area contributed by atoms with Gasteiger partial charge in [0.1, 0.15) is 12.6 Å². The first-order valence-corrected chi connectivity index (χ1v) is 16.9. The van der Waals surface area contributed by atoms with Crippen LogP contribution in [0.5, 0.6) is 0 Å². The van der Waals surface area contributed by atoms with Crippen molar-refractivity contribution < 1.29 is 18.0 Å². The van der Waals surface area contributed by atoms with E-state index in [-0.39, 0.29) is 29.1 Å². The number of nitrogens with zero attached hydrogens (tertiary/aromatic N) is 2. The number of rotatable bonds is 11. The number of halogens is 3. The molecule has 0 unspecified atom stereocenters. The lowest BCUT2D eigenvalue weighted by atomic mass is 10.1. The largest absolute Gasteiger partial charge is 0.352 e. The summed E-state index contributed by atoms with van der Waals surface area (Å²) in [6, 6.07) is 15.6. The van der Waals surface area contributed by atoms with Gasteiger partial charge in [0, 0.05) is 17.6 Å². The topological polar surface area (TPSA) is 86.8 Å². The zero-order chi connectivity index (χ0) is 31.3. The highest BCUT2D eigenvalue weighted by molar-refractivity contribution is 7.92. The molecular weight excluding hydrogens is 629 g/mol. The second-order valence-electron chi connectivity index (χ2n) is 10.9. The van der Waals surface area contributed by atoms with Crippen LogP contribution in [0.4, 0.5) is 5.69 Å². The van der Waals surface area contributed by atoms with Gasteiger partial charge in [-0.25, -0.2) is 8.42 Å². The van der Waals surface area contributed by atoms with E-state index in [9.17, 15) is 18.0 Å². The van der Waals surface area contributed by atoms with Crippen LogP contribution in [-0.2, 0) is 26.2 Å². The number of aryl methyl sites for hydroxylation is 2. The summed E-state index contributed by atoms with van der Waals surface area (Å²) in [6.07, 6.45) is 4.18. The summed E-state index contributed by atoms with van der Waals surface area (Å²) >= 11 is 18.7. The molecule has 230 valence electrons. The Balaban J connectivity index is 1.76. The molecule has 0 heterocycles. The SMILES string of the molecule is CC[C@H](C(=O)NC1CCCC1)N(Cc1ccc(Cl)c(Cl)c1)C(=O)CN(c1cc(Cl)ccc1C)S(=O)(=O)c1ccc(C)cc1. The number of hydrogen-bond acceptors (Lipinski definition) is 4. The highest BCUT2D eigenvalue weighted by atomic mass is 35.5. The summed E-state index contributed by atoms with van der Waals surface area (Å²) in [4.78, 5) is 29.4. The molecule has 3 aromatic carbocycles. The van der Waals surface area contributed by atoms with E-state index >= 15 is 0 Å². The van der Waals surface area contributed by atoms with Crippen molar-refractivity contribution in [3.8, 4) is 0 Å². The van der Waals surface area contributed by atoms with Crippen molar-refractivity contribution in [3.05, 3.63) is 92.4 Å². The van der Waals surface area contributed by atoms with Gasteiger partial charge < -0.3 is 10.2 Å².